The zero-order chi connectivity index (χ0) is 14.8. The molecule has 2 rings (SSSR count). The van der Waals surface area contributed by atoms with Crippen molar-refractivity contribution in [2.24, 2.45) is 0 Å². The summed E-state index contributed by atoms with van der Waals surface area (Å²) in [7, 11) is 0. The van der Waals surface area contributed by atoms with Crippen molar-refractivity contribution in [2.45, 2.75) is 19.4 Å². The van der Waals surface area contributed by atoms with Crippen LogP contribution < -0.4 is 5.32 Å². The van der Waals surface area contributed by atoms with Gasteiger partial charge in [0.25, 0.3) is 0 Å². The minimum Gasteiger partial charge on any atom is -0.508 e. The summed E-state index contributed by atoms with van der Waals surface area (Å²) in [6.07, 6.45) is 0. The van der Waals surface area contributed by atoms with Gasteiger partial charge < -0.3 is 20.6 Å². The zero-order valence-electron chi connectivity index (χ0n) is 11.6. The highest BCUT2D eigenvalue weighted by molar-refractivity contribution is 5.51. The molecular formula is C16H19NO3. The molecule has 0 aliphatic rings. The number of hydrogen-bond donors (Lipinski definition) is 4. The van der Waals surface area contributed by atoms with Gasteiger partial charge in [-0.25, -0.2) is 0 Å². The van der Waals surface area contributed by atoms with Crippen molar-refractivity contribution in [3.63, 3.8) is 0 Å². The fourth-order valence-electron chi connectivity index (χ4n) is 2.16. The van der Waals surface area contributed by atoms with Gasteiger partial charge in [0.2, 0.25) is 0 Å². The molecule has 0 aromatic heterocycles. The summed E-state index contributed by atoms with van der Waals surface area (Å²) in [5.41, 5.74) is 1.78. The number of anilines is 1. The van der Waals surface area contributed by atoms with Crippen LogP contribution in [0, 0.1) is 6.92 Å². The van der Waals surface area contributed by atoms with E-state index in [0.29, 0.717) is 5.56 Å². The number of rotatable bonds is 4. The standard InChI is InChI=1S/C16H19NO3/c1-11-4-3-5-13(6-11)17-16(2,10-18)12-7-14(19)9-15(20)8-12/h3-9,17-20H,10H2,1-2H3. The largest absolute Gasteiger partial charge is 0.508 e. The smallest absolute Gasteiger partial charge is 0.119 e. The van der Waals surface area contributed by atoms with Crippen LogP contribution in [0.15, 0.2) is 42.5 Å². The van der Waals surface area contributed by atoms with E-state index in [-0.39, 0.29) is 18.1 Å². The molecule has 1 unspecified atom stereocenters. The molecule has 20 heavy (non-hydrogen) atoms. The Morgan fingerprint density at radius 3 is 2.25 bits per heavy atom. The monoisotopic (exact) mass is 273 g/mol. The normalized spacial score (nSPS) is 13.8. The third-order valence-corrected chi connectivity index (χ3v) is 3.29. The fourth-order valence-corrected chi connectivity index (χ4v) is 2.16. The van der Waals surface area contributed by atoms with Crippen molar-refractivity contribution in [1.82, 2.24) is 0 Å². The number of aromatic hydroxyl groups is 2. The van der Waals surface area contributed by atoms with Crippen LogP contribution >= 0.6 is 0 Å². The number of aliphatic hydroxyl groups is 1. The molecule has 4 nitrogen and oxygen atoms in total. The lowest BCUT2D eigenvalue weighted by molar-refractivity contribution is 0.223. The third kappa shape index (κ3) is 3.03. The highest BCUT2D eigenvalue weighted by Gasteiger charge is 2.26. The summed E-state index contributed by atoms with van der Waals surface area (Å²) < 4.78 is 0. The van der Waals surface area contributed by atoms with Gasteiger partial charge in [0, 0.05) is 11.8 Å². The second kappa shape index (κ2) is 5.43. The molecule has 0 aliphatic carbocycles. The number of aryl methyl sites for hydroxylation is 1. The first kappa shape index (κ1) is 14.2. The van der Waals surface area contributed by atoms with Gasteiger partial charge in [0.05, 0.1) is 12.1 Å². The van der Waals surface area contributed by atoms with Gasteiger partial charge in [-0.15, -0.1) is 0 Å². The summed E-state index contributed by atoms with van der Waals surface area (Å²) in [5.74, 6) is -0.0727. The van der Waals surface area contributed by atoms with E-state index in [1.165, 1.54) is 18.2 Å². The predicted molar refractivity (Wildman–Crippen MR) is 79.0 cm³/mol. The number of hydrogen-bond acceptors (Lipinski definition) is 4. The van der Waals surface area contributed by atoms with Gasteiger partial charge in [0.15, 0.2) is 0 Å². The molecule has 106 valence electrons. The molecule has 0 saturated heterocycles. The van der Waals surface area contributed by atoms with Crippen LogP contribution in [0.3, 0.4) is 0 Å². The second-order valence-corrected chi connectivity index (χ2v) is 5.22. The summed E-state index contributed by atoms with van der Waals surface area (Å²) >= 11 is 0. The summed E-state index contributed by atoms with van der Waals surface area (Å²) in [4.78, 5) is 0. The minimum atomic E-state index is -0.802. The topological polar surface area (TPSA) is 72.7 Å². The maximum Gasteiger partial charge on any atom is 0.119 e. The summed E-state index contributed by atoms with van der Waals surface area (Å²) in [5, 5.41) is 32.2. The average Bonchev–Trinajstić information content (AvgIpc) is 2.37. The van der Waals surface area contributed by atoms with E-state index in [4.69, 9.17) is 0 Å². The Morgan fingerprint density at radius 2 is 1.70 bits per heavy atom. The van der Waals surface area contributed by atoms with Gasteiger partial charge >= 0.3 is 0 Å². The molecule has 4 N–H and O–H groups in total. The van der Waals surface area contributed by atoms with Gasteiger partial charge in [-0.3, -0.25) is 0 Å². The van der Waals surface area contributed by atoms with Gasteiger partial charge in [-0.1, -0.05) is 12.1 Å². The van der Waals surface area contributed by atoms with Crippen molar-refractivity contribution in [2.75, 3.05) is 11.9 Å². The van der Waals surface area contributed by atoms with Gasteiger partial charge in [-0.2, -0.15) is 0 Å². The van der Waals surface area contributed by atoms with Crippen molar-refractivity contribution >= 4 is 5.69 Å². The second-order valence-electron chi connectivity index (χ2n) is 5.22. The third-order valence-electron chi connectivity index (χ3n) is 3.29. The van der Waals surface area contributed by atoms with Crippen LogP contribution in [0.5, 0.6) is 11.5 Å². The first-order chi connectivity index (χ1) is 9.43. The number of phenols is 2. The first-order valence-electron chi connectivity index (χ1n) is 6.42. The SMILES string of the molecule is Cc1cccc(NC(C)(CO)c2cc(O)cc(O)c2)c1. The van der Waals surface area contributed by atoms with Crippen LogP contribution in [0.1, 0.15) is 18.1 Å². The molecule has 1 atom stereocenters. The highest BCUT2D eigenvalue weighted by Crippen LogP contribution is 2.31. The summed E-state index contributed by atoms with van der Waals surface area (Å²) in [6, 6.07) is 12.1. The van der Waals surface area contributed by atoms with E-state index in [9.17, 15) is 15.3 Å². The molecule has 0 bridgehead atoms. The zero-order valence-corrected chi connectivity index (χ0v) is 11.6. The van der Waals surface area contributed by atoms with E-state index in [1.807, 2.05) is 38.1 Å². The molecular weight excluding hydrogens is 254 g/mol. The molecule has 2 aromatic rings. The van der Waals surface area contributed by atoms with Crippen LogP contribution in [-0.4, -0.2) is 21.9 Å². The Bertz CT molecular complexity index is 592. The maximum atomic E-state index is 9.73. The first-order valence-corrected chi connectivity index (χ1v) is 6.42. The van der Waals surface area contributed by atoms with Gasteiger partial charge in [0.1, 0.15) is 11.5 Å². The van der Waals surface area contributed by atoms with Crippen LogP contribution in [0.2, 0.25) is 0 Å². The number of aliphatic hydroxyl groups excluding tert-OH is 1. The molecule has 0 spiro atoms. The highest BCUT2D eigenvalue weighted by atomic mass is 16.3. The van der Waals surface area contributed by atoms with Crippen LogP contribution in [0.25, 0.3) is 0 Å². The predicted octanol–water partition coefficient (Wildman–Crippen LogP) is 2.73. The molecule has 0 amide bonds. The Morgan fingerprint density at radius 1 is 1.05 bits per heavy atom. The van der Waals surface area contributed by atoms with E-state index in [0.717, 1.165) is 11.3 Å². The van der Waals surface area contributed by atoms with E-state index >= 15 is 0 Å². The van der Waals surface area contributed by atoms with Crippen LogP contribution in [-0.2, 0) is 5.54 Å². The molecule has 0 saturated carbocycles. The molecule has 0 heterocycles. The van der Waals surface area contributed by atoms with Crippen molar-refractivity contribution in [1.29, 1.82) is 0 Å². The van der Waals surface area contributed by atoms with Crippen molar-refractivity contribution < 1.29 is 15.3 Å². The number of phenolic OH excluding ortho intramolecular Hbond substituents is 2. The Hall–Kier alpha value is -2.20. The Labute approximate surface area is 118 Å². The van der Waals surface area contributed by atoms with Crippen LogP contribution in [0.4, 0.5) is 5.69 Å². The minimum absolute atomic E-state index is 0.0364. The lowest BCUT2D eigenvalue weighted by Crippen LogP contribution is -2.35. The maximum absolute atomic E-state index is 9.73. The molecule has 0 fully saturated rings. The molecule has 0 radical (unpaired) electrons. The van der Waals surface area contributed by atoms with Gasteiger partial charge in [-0.05, 0) is 49.2 Å². The Balaban J connectivity index is 2.37. The Kier molecular flexibility index (Phi) is 3.86. The quantitative estimate of drug-likeness (QED) is 0.691. The van der Waals surface area contributed by atoms with E-state index < -0.39 is 5.54 Å². The average molecular weight is 273 g/mol. The molecule has 0 aliphatic heterocycles. The molecule has 2 aromatic carbocycles. The van der Waals surface area contributed by atoms with E-state index in [1.54, 1.807) is 0 Å². The molecule has 4 heteroatoms. The number of benzene rings is 2. The lowest BCUT2D eigenvalue weighted by Gasteiger charge is -2.31. The lowest BCUT2D eigenvalue weighted by atomic mass is 9.92. The fraction of sp³-hybridized carbons (Fsp3) is 0.250. The number of nitrogens with one attached hydrogen (secondary N) is 1. The summed E-state index contributed by atoms with van der Waals surface area (Å²) in [6.45, 7) is 3.62. The van der Waals surface area contributed by atoms with Crippen molar-refractivity contribution in [3.05, 3.63) is 53.6 Å². The van der Waals surface area contributed by atoms with Crippen molar-refractivity contribution in [3.8, 4) is 11.5 Å². The van der Waals surface area contributed by atoms with E-state index in [2.05, 4.69) is 5.32 Å².